The molecule has 1 N–H and O–H groups in total. The quantitative estimate of drug-likeness (QED) is 0.669. The van der Waals surface area contributed by atoms with E-state index in [0.717, 1.165) is 0 Å². The Morgan fingerprint density at radius 1 is 1.80 bits per heavy atom. The van der Waals surface area contributed by atoms with Gasteiger partial charge >= 0.3 is 0 Å². The Bertz CT molecular complexity index is 212. The summed E-state index contributed by atoms with van der Waals surface area (Å²) in [5.41, 5.74) is 0.604. The van der Waals surface area contributed by atoms with E-state index in [0.29, 0.717) is 10.8 Å². The van der Waals surface area contributed by atoms with Crippen molar-refractivity contribution < 1.29 is 5.11 Å². The van der Waals surface area contributed by atoms with Crippen molar-refractivity contribution >= 4 is 11.6 Å². The average Bonchev–Trinajstić information content (AvgIpc) is 2.13. The smallest absolute Gasteiger partial charge is 0.127 e. The summed E-state index contributed by atoms with van der Waals surface area (Å²) >= 11 is 5.66. The molecule has 1 aromatic heterocycles. The molecule has 0 saturated carbocycles. The van der Waals surface area contributed by atoms with Crippen LogP contribution in [0.1, 0.15) is 18.7 Å². The molecule has 0 aliphatic carbocycles. The molecule has 1 rings (SSSR count). The van der Waals surface area contributed by atoms with E-state index in [1.54, 1.807) is 20.0 Å². The van der Waals surface area contributed by atoms with Crippen LogP contribution in [0.2, 0.25) is 5.15 Å². The molecule has 4 heteroatoms. The van der Waals surface area contributed by atoms with Gasteiger partial charge in [0.05, 0.1) is 11.8 Å². The lowest BCUT2D eigenvalue weighted by Crippen LogP contribution is -1.94. The highest BCUT2D eigenvalue weighted by Crippen LogP contribution is 2.14. The highest BCUT2D eigenvalue weighted by Gasteiger charge is 2.06. The normalized spacial score (nSPS) is 13.6. The molecule has 1 atom stereocenters. The van der Waals surface area contributed by atoms with E-state index in [2.05, 4.69) is 5.10 Å². The number of hydrogen-bond acceptors (Lipinski definition) is 2. The Morgan fingerprint density at radius 2 is 2.40 bits per heavy atom. The standard InChI is InChI=1S/C6H9ClN2O/c1-4(10)5-3-6(7)9(2)8-5/h3-4,10H,1-2H3. The van der Waals surface area contributed by atoms with E-state index < -0.39 is 6.10 Å². The van der Waals surface area contributed by atoms with Crippen LogP contribution in [0.5, 0.6) is 0 Å². The lowest BCUT2D eigenvalue weighted by molar-refractivity contribution is 0.193. The van der Waals surface area contributed by atoms with Gasteiger partial charge in [0.25, 0.3) is 0 Å². The third-order valence-corrected chi connectivity index (χ3v) is 1.62. The topological polar surface area (TPSA) is 38.0 Å². The molecule has 1 heterocycles. The van der Waals surface area contributed by atoms with Crippen molar-refractivity contribution in [1.29, 1.82) is 0 Å². The molecule has 0 aromatic carbocycles. The van der Waals surface area contributed by atoms with Gasteiger partial charge in [0.2, 0.25) is 0 Å². The zero-order chi connectivity index (χ0) is 7.72. The summed E-state index contributed by atoms with van der Waals surface area (Å²) in [6, 6.07) is 1.65. The average molecular weight is 161 g/mol. The van der Waals surface area contributed by atoms with Crippen molar-refractivity contribution in [3.8, 4) is 0 Å². The Hall–Kier alpha value is -0.540. The van der Waals surface area contributed by atoms with E-state index in [-0.39, 0.29) is 0 Å². The summed E-state index contributed by atoms with van der Waals surface area (Å²) in [7, 11) is 1.73. The number of halogens is 1. The van der Waals surface area contributed by atoms with Crippen molar-refractivity contribution in [3.05, 3.63) is 16.9 Å². The minimum Gasteiger partial charge on any atom is -0.387 e. The van der Waals surface area contributed by atoms with Gasteiger partial charge < -0.3 is 5.11 Å². The summed E-state index contributed by atoms with van der Waals surface area (Å²) in [5, 5.41) is 13.5. The van der Waals surface area contributed by atoms with Gasteiger partial charge in [-0.3, -0.25) is 4.68 Å². The molecule has 0 aliphatic rings. The highest BCUT2D eigenvalue weighted by molar-refractivity contribution is 6.29. The Labute approximate surface area is 64.2 Å². The first kappa shape index (κ1) is 7.57. The van der Waals surface area contributed by atoms with Gasteiger partial charge in [-0.05, 0) is 6.92 Å². The fourth-order valence-electron chi connectivity index (χ4n) is 0.669. The lowest BCUT2D eigenvalue weighted by atomic mass is 10.3. The van der Waals surface area contributed by atoms with E-state index in [9.17, 15) is 0 Å². The maximum Gasteiger partial charge on any atom is 0.127 e. The summed E-state index contributed by atoms with van der Waals surface area (Å²) in [6.07, 6.45) is -0.543. The van der Waals surface area contributed by atoms with Crippen LogP contribution in [0.3, 0.4) is 0 Å². The van der Waals surface area contributed by atoms with Crippen molar-refractivity contribution in [1.82, 2.24) is 9.78 Å². The Balaban J connectivity index is 2.98. The minimum atomic E-state index is -0.543. The van der Waals surface area contributed by atoms with Gasteiger partial charge in [-0.2, -0.15) is 5.10 Å². The second-order valence-corrected chi connectivity index (χ2v) is 2.58. The molecule has 56 valence electrons. The molecular formula is C6H9ClN2O. The monoisotopic (exact) mass is 160 g/mol. The van der Waals surface area contributed by atoms with Gasteiger partial charge in [0, 0.05) is 13.1 Å². The molecule has 0 bridgehead atoms. The Morgan fingerprint density at radius 3 is 2.60 bits per heavy atom. The predicted molar refractivity (Wildman–Crippen MR) is 38.9 cm³/mol. The molecule has 0 spiro atoms. The lowest BCUT2D eigenvalue weighted by Gasteiger charge is -1.94. The van der Waals surface area contributed by atoms with Crippen LogP contribution in [0.25, 0.3) is 0 Å². The molecule has 3 nitrogen and oxygen atoms in total. The highest BCUT2D eigenvalue weighted by atomic mass is 35.5. The zero-order valence-electron chi connectivity index (χ0n) is 5.87. The molecule has 0 fully saturated rings. The summed E-state index contributed by atoms with van der Waals surface area (Å²) in [4.78, 5) is 0. The van der Waals surface area contributed by atoms with Crippen LogP contribution in [-0.4, -0.2) is 14.9 Å². The first-order chi connectivity index (χ1) is 4.61. The van der Waals surface area contributed by atoms with Gasteiger partial charge in [0.15, 0.2) is 0 Å². The molecule has 0 radical (unpaired) electrons. The molecule has 1 unspecified atom stereocenters. The maximum atomic E-state index is 9.03. The van der Waals surface area contributed by atoms with Crippen molar-refractivity contribution in [2.75, 3.05) is 0 Å². The van der Waals surface area contributed by atoms with Gasteiger partial charge in [-0.25, -0.2) is 0 Å². The third-order valence-electron chi connectivity index (χ3n) is 1.27. The number of hydrogen-bond donors (Lipinski definition) is 1. The number of aryl methyl sites for hydroxylation is 1. The second kappa shape index (κ2) is 2.60. The number of rotatable bonds is 1. The number of nitrogens with zero attached hydrogens (tertiary/aromatic N) is 2. The van der Waals surface area contributed by atoms with Crippen LogP contribution in [0.15, 0.2) is 6.07 Å². The van der Waals surface area contributed by atoms with Crippen LogP contribution < -0.4 is 0 Å². The molecular weight excluding hydrogens is 152 g/mol. The SMILES string of the molecule is CC(O)c1cc(Cl)n(C)n1. The molecule has 0 saturated heterocycles. The minimum absolute atomic E-state index is 0.538. The van der Waals surface area contributed by atoms with Crippen LogP contribution in [0.4, 0.5) is 0 Å². The van der Waals surface area contributed by atoms with E-state index >= 15 is 0 Å². The zero-order valence-corrected chi connectivity index (χ0v) is 6.63. The number of aliphatic hydroxyl groups excluding tert-OH is 1. The summed E-state index contributed by atoms with van der Waals surface area (Å²) < 4.78 is 1.52. The molecule has 0 aliphatic heterocycles. The van der Waals surface area contributed by atoms with Crippen LogP contribution >= 0.6 is 11.6 Å². The predicted octanol–water partition coefficient (Wildman–Crippen LogP) is 1.13. The Kier molecular flexibility index (Phi) is 1.97. The van der Waals surface area contributed by atoms with Gasteiger partial charge in [-0.1, -0.05) is 11.6 Å². The van der Waals surface area contributed by atoms with E-state index in [1.165, 1.54) is 4.68 Å². The van der Waals surface area contributed by atoms with Gasteiger partial charge in [0.1, 0.15) is 5.15 Å². The summed E-state index contributed by atoms with van der Waals surface area (Å²) in [5.74, 6) is 0. The largest absolute Gasteiger partial charge is 0.387 e. The summed E-state index contributed by atoms with van der Waals surface area (Å²) in [6.45, 7) is 1.65. The molecule has 10 heavy (non-hydrogen) atoms. The van der Waals surface area contributed by atoms with Gasteiger partial charge in [-0.15, -0.1) is 0 Å². The molecule has 1 aromatic rings. The maximum absolute atomic E-state index is 9.03. The first-order valence-electron chi connectivity index (χ1n) is 2.98. The van der Waals surface area contributed by atoms with Crippen molar-refractivity contribution in [2.24, 2.45) is 7.05 Å². The van der Waals surface area contributed by atoms with Crippen LogP contribution in [-0.2, 0) is 7.05 Å². The second-order valence-electron chi connectivity index (χ2n) is 2.19. The van der Waals surface area contributed by atoms with E-state index in [4.69, 9.17) is 16.7 Å². The third kappa shape index (κ3) is 1.30. The first-order valence-corrected chi connectivity index (χ1v) is 3.36. The fourth-order valence-corrected chi connectivity index (χ4v) is 0.819. The van der Waals surface area contributed by atoms with E-state index in [1.807, 2.05) is 0 Å². The molecule has 0 amide bonds. The van der Waals surface area contributed by atoms with Crippen LogP contribution in [0, 0.1) is 0 Å². The number of aliphatic hydroxyl groups is 1. The number of aromatic nitrogens is 2. The van der Waals surface area contributed by atoms with Crippen molar-refractivity contribution in [2.45, 2.75) is 13.0 Å². The fraction of sp³-hybridized carbons (Fsp3) is 0.500. The van der Waals surface area contributed by atoms with Crippen molar-refractivity contribution in [3.63, 3.8) is 0 Å².